The van der Waals surface area contributed by atoms with Crippen molar-refractivity contribution < 1.29 is 4.42 Å². The maximum atomic E-state index is 6.41. The summed E-state index contributed by atoms with van der Waals surface area (Å²) < 4.78 is 8.79. The predicted octanol–water partition coefficient (Wildman–Crippen LogP) is 18.5. The molecule has 3 nitrogen and oxygen atoms in total. The first-order chi connectivity index (χ1) is 34.2. The summed E-state index contributed by atoms with van der Waals surface area (Å²) in [6.07, 6.45) is 0. The summed E-state index contributed by atoms with van der Waals surface area (Å²) in [5.74, 6) is 0. The summed E-state index contributed by atoms with van der Waals surface area (Å²) in [7, 11) is 0. The molecule has 0 saturated heterocycles. The van der Waals surface area contributed by atoms with Crippen molar-refractivity contribution in [3.05, 3.63) is 267 Å². The van der Waals surface area contributed by atoms with Crippen LogP contribution in [0.1, 0.15) is 0 Å². The largest absolute Gasteiger partial charge is 0.456 e. The monoisotopic (exact) mass is 880 g/mol. The number of nitrogens with zero attached hydrogens (tertiary/aromatic N) is 2. The van der Waals surface area contributed by atoms with Crippen LogP contribution in [0.4, 0.5) is 17.1 Å². The Hall–Kier alpha value is -9.18. The molecule has 0 saturated carbocycles. The molecular weight excluding hydrogens is 837 g/mol. The fourth-order valence-electron chi connectivity index (χ4n) is 10.3. The number of anilines is 3. The van der Waals surface area contributed by atoms with Gasteiger partial charge in [-0.15, -0.1) is 0 Å². The molecule has 3 heteroatoms. The number of para-hydroxylation sites is 4. The summed E-state index contributed by atoms with van der Waals surface area (Å²) in [5, 5.41) is 4.75. The molecule has 0 radical (unpaired) electrons. The zero-order valence-electron chi connectivity index (χ0n) is 37.7. The van der Waals surface area contributed by atoms with Gasteiger partial charge >= 0.3 is 0 Å². The van der Waals surface area contributed by atoms with Gasteiger partial charge in [0.05, 0.1) is 16.7 Å². The van der Waals surface area contributed by atoms with Crippen LogP contribution in [0.2, 0.25) is 0 Å². The third-order valence-corrected chi connectivity index (χ3v) is 13.6. The highest BCUT2D eigenvalue weighted by Crippen LogP contribution is 2.46. The molecule has 0 bridgehead atoms. The van der Waals surface area contributed by atoms with Crippen LogP contribution in [-0.4, -0.2) is 4.57 Å². The first-order valence-electron chi connectivity index (χ1n) is 23.6. The Balaban J connectivity index is 0.875. The molecule has 324 valence electrons. The standard InChI is InChI=1S/C66H44N2O/c1-2-15-45(16-3-1)46-31-35-49(36-32-46)51-17-12-19-54(43-51)67(61-26-8-6-23-58(61)59-25-14-30-65-66(59)60-24-7-11-29-64(60)69-65)53-41-39-48(40-42-53)47-33-37-50(38-34-47)52-18-13-20-55(44-52)68-62-27-9-4-21-56(62)57-22-5-10-28-63(57)68/h1-44H. The number of aromatic nitrogens is 1. The zero-order valence-corrected chi connectivity index (χ0v) is 37.7. The number of hydrogen-bond acceptors (Lipinski definition) is 2. The highest BCUT2D eigenvalue weighted by Gasteiger charge is 2.21. The van der Waals surface area contributed by atoms with Crippen LogP contribution in [0.25, 0.3) is 105 Å². The van der Waals surface area contributed by atoms with E-state index in [1.807, 2.05) is 6.07 Å². The Morgan fingerprint density at radius 1 is 0.290 bits per heavy atom. The van der Waals surface area contributed by atoms with Crippen molar-refractivity contribution >= 4 is 60.8 Å². The number of fused-ring (bicyclic) bond motifs is 6. The van der Waals surface area contributed by atoms with Crippen LogP contribution in [-0.2, 0) is 0 Å². The van der Waals surface area contributed by atoms with E-state index < -0.39 is 0 Å². The lowest BCUT2D eigenvalue weighted by Gasteiger charge is -2.28. The van der Waals surface area contributed by atoms with E-state index in [-0.39, 0.29) is 0 Å². The van der Waals surface area contributed by atoms with Crippen LogP contribution >= 0.6 is 0 Å². The lowest BCUT2D eigenvalue weighted by atomic mass is 9.96. The number of furan rings is 1. The minimum atomic E-state index is 0.877. The van der Waals surface area contributed by atoms with Crippen molar-refractivity contribution in [1.82, 2.24) is 4.57 Å². The van der Waals surface area contributed by atoms with Gasteiger partial charge in [0.25, 0.3) is 0 Å². The number of benzene rings is 11. The van der Waals surface area contributed by atoms with E-state index in [9.17, 15) is 0 Å². The van der Waals surface area contributed by atoms with E-state index in [1.54, 1.807) is 0 Å². The third kappa shape index (κ3) is 7.16. The molecule has 69 heavy (non-hydrogen) atoms. The Bertz CT molecular complexity index is 3940. The summed E-state index contributed by atoms with van der Waals surface area (Å²) in [4.78, 5) is 2.40. The molecule has 2 heterocycles. The lowest BCUT2D eigenvalue weighted by molar-refractivity contribution is 0.669. The summed E-state index contributed by atoms with van der Waals surface area (Å²) in [6.45, 7) is 0. The first kappa shape index (κ1) is 40.1. The molecular formula is C66H44N2O. The van der Waals surface area contributed by atoms with Crippen molar-refractivity contribution in [2.24, 2.45) is 0 Å². The SMILES string of the molecule is c1ccc(-c2ccc(-c3cccc(N(c4ccc(-c5ccc(-c6cccc(-n7c8ccccc8c8ccccc87)c6)cc5)cc4)c4ccccc4-c4cccc5oc6ccccc6c45)c3)cc2)cc1. The molecule has 0 amide bonds. The van der Waals surface area contributed by atoms with E-state index in [4.69, 9.17) is 4.42 Å². The van der Waals surface area contributed by atoms with Gasteiger partial charge in [0.2, 0.25) is 0 Å². The van der Waals surface area contributed by atoms with Crippen LogP contribution < -0.4 is 4.90 Å². The van der Waals surface area contributed by atoms with Crippen molar-refractivity contribution in [2.75, 3.05) is 4.90 Å². The van der Waals surface area contributed by atoms with Gasteiger partial charge in [-0.1, -0.05) is 200 Å². The molecule has 0 spiro atoms. The molecule has 2 aromatic heterocycles. The van der Waals surface area contributed by atoms with Gasteiger partial charge in [-0.3, -0.25) is 0 Å². The van der Waals surface area contributed by atoms with Crippen molar-refractivity contribution in [2.45, 2.75) is 0 Å². The molecule has 13 rings (SSSR count). The van der Waals surface area contributed by atoms with Gasteiger partial charge in [0, 0.05) is 44.2 Å². The third-order valence-electron chi connectivity index (χ3n) is 13.6. The second kappa shape index (κ2) is 16.9. The first-order valence-corrected chi connectivity index (χ1v) is 23.6. The Morgan fingerprint density at radius 2 is 0.754 bits per heavy atom. The van der Waals surface area contributed by atoms with Gasteiger partial charge in [-0.25, -0.2) is 0 Å². The molecule has 11 aromatic carbocycles. The Kier molecular flexibility index (Phi) is 9.84. The normalized spacial score (nSPS) is 11.5. The fraction of sp³-hybridized carbons (Fsp3) is 0. The molecule has 13 aromatic rings. The second-order valence-corrected chi connectivity index (χ2v) is 17.7. The second-order valence-electron chi connectivity index (χ2n) is 17.7. The van der Waals surface area contributed by atoms with Crippen LogP contribution in [0.3, 0.4) is 0 Å². The van der Waals surface area contributed by atoms with E-state index >= 15 is 0 Å². The van der Waals surface area contributed by atoms with E-state index in [0.29, 0.717) is 0 Å². The fourth-order valence-corrected chi connectivity index (χ4v) is 10.3. The van der Waals surface area contributed by atoms with Crippen LogP contribution in [0.5, 0.6) is 0 Å². The average molecular weight is 881 g/mol. The van der Waals surface area contributed by atoms with Gasteiger partial charge in [0.1, 0.15) is 11.2 Å². The lowest BCUT2D eigenvalue weighted by Crippen LogP contribution is -2.11. The van der Waals surface area contributed by atoms with E-state index in [2.05, 4.69) is 270 Å². The maximum Gasteiger partial charge on any atom is 0.136 e. The van der Waals surface area contributed by atoms with Gasteiger partial charge in [-0.05, 0) is 117 Å². The summed E-state index contributed by atoms with van der Waals surface area (Å²) >= 11 is 0. The van der Waals surface area contributed by atoms with Crippen LogP contribution in [0, 0.1) is 0 Å². The molecule has 0 fully saturated rings. The maximum absolute atomic E-state index is 6.41. The van der Waals surface area contributed by atoms with Gasteiger partial charge < -0.3 is 13.9 Å². The number of hydrogen-bond donors (Lipinski definition) is 0. The smallest absolute Gasteiger partial charge is 0.136 e. The zero-order chi connectivity index (χ0) is 45.7. The van der Waals surface area contributed by atoms with Crippen molar-refractivity contribution in [1.29, 1.82) is 0 Å². The Labute approximate surface area is 401 Å². The van der Waals surface area contributed by atoms with Crippen molar-refractivity contribution in [3.63, 3.8) is 0 Å². The molecule has 0 aliphatic heterocycles. The highest BCUT2D eigenvalue weighted by atomic mass is 16.3. The van der Waals surface area contributed by atoms with Crippen LogP contribution in [0.15, 0.2) is 271 Å². The molecule has 0 aliphatic carbocycles. The molecule has 0 aliphatic rings. The molecule has 0 unspecified atom stereocenters. The quantitative estimate of drug-likeness (QED) is 0.144. The van der Waals surface area contributed by atoms with E-state index in [1.165, 1.54) is 44.1 Å². The van der Waals surface area contributed by atoms with Crippen molar-refractivity contribution in [3.8, 4) is 61.3 Å². The highest BCUT2D eigenvalue weighted by molar-refractivity contribution is 6.14. The Morgan fingerprint density at radius 3 is 1.43 bits per heavy atom. The number of rotatable bonds is 9. The topological polar surface area (TPSA) is 21.3 Å². The average Bonchev–Trinajstić information content (AvgIpc) is 3.98. The summed E-state index contributed by atoms with van der Waals surface area (Å²) in [5.41, 5.74) is 20.2. The molecule has 0 atom stereocenters. The predicted molar refractivity (Wildman–Crippen MR) is 290 cm³/mol. The van der Waals surface area contributed by atoms with E-state index in [0.717, 1.165) is 78.1 Å². The van der Waals surface area contributed by atoms with Gasteiger partial charge in [-0.2, -0.15) is 0 Å². The minimum absolute atomic E-state index is 0.877. The summed E-state index contributed by atoms with van der Waals surface area (Å²) in [6, 6.07) is 96.1. The minimum Gasteiger partial charge on any atom is -0.456 e. The molecule has 0 N–H and O–H groups in total. The van der Waals surface area contributed by atoms with Gasteiger partial charge in [0.15, 0.2) is 0 Å².